The van der Waals surface area contributed by atoms with E-state index >= 15 is 0 Å². The number of hydrogen-bond acceptors (Lipinski definition) is 4. The normalized spacial score (nSPS) is 11.8. The number of aromatic nitrogens is 6. The van der Waals surface area contributed by atoms with Gasteiger partial charge in [-0.3, -0.25) is 9.89 Å². The van der Waals surface area contributed by atoms with E-state index in [0.29, 0.717) is 5.82 Å². The maximum atomic E-state index is 11.4. The molecule has 2 aromatic carbocycles. The lowest BCUT2D eigenvalue weighted by molar-refractivity contribution is -0.114. The largest absolute Gasteiger partial charge is 0.326 e. The Balaban J connectivity index is 1.45. The van der Waals surface area contributed by atoms with Crippen molar-refractivity contribution in [3.63, 3.8) is 0 Å². The molecule has 35 heavy (non-hydrogen) atoms. The average Bonchev–Trinajstić information content (AvgIpc) is 3.52. The zero-order valence-corrected chi connectivity index (χ0v) is 20.6. The number of anilines is 1. The lowest BCUT2D eigenvalue weighted by Crippen LogP contribution is -2.15. The van der Waals surface area contributed by atoms with E-state index in [-0.39, 0.29) is 11.3 Å². The van der Waals surface area contributed by atoms with Crippen molar-refractivity contribution in [2.45, 2.75) is 46.5 Å². The number of hydrogen-bond donors (Lipinski definition) is 2. The second-order valence-corrected chi connectivity index (χ2v) is 9.90. The number of carbonyl (C=O) groups excluding carboxylic acids is 1. The summed E-state index contributed by atoms with van der Waals surface area (Å²) in [6.07, 6.45) is 4.46. The summed E-state index contributed by atoms with van der Waals surface area (Å²) in [6, 6.07) is 16.2. The number of benzene rings is 2. The quantitative estimate of drug-likeness (QED) is 0.378. The van der Waals surface area contributed by atoms with Crippen molar-refractivity contribution >= 4 is 17.2 Å². The molecule has 0 radical (unpaired) electrons. The number of aryl methyl sites for hydroxylation is 1. The third kappa shape index (κ3) is 4.47. The maximum Gasteiger partial charge on any atom is 0.221 e. The molecule has 5 rings (SSSR count). The fourth-order valence-corrected chi connectivity index (χ4v) is 4.21. The lowest BCUT2D eigenvalue weighted by Gasteiger charge is -2.18. The molecule has 0 fully saturated rings. The Morgan fingerprint density at radius 2 is 1.89 bits per heavy atom. The summed E-state index contributed by atoms with van der Waals surface area (Å²) in [7, 11) is 0. The Kier molecular flexibility index (Phi) is 5.51. The molecule has 1 amide bonds. The van der Waals surface area contributed by atoms with Crippen LogP contribution in [-0.4, -0.2) is 35.5 Å². The van der Waals surface area contributed by atoms with Gasteiger partial charge in [0, 0.05) is 36.0 Å². The van der Waals surface area contributed by atoms with Crippen molar-refractivity contribution in [2.24, 2.45) is 0 Å². The van der Waals surface area contributed by atoms with E-state index in [1.165, 1.54) is 23.6 Å². The number of amides is 1. The van der Waals surface area contributed by atoms with Crippen LogP contribution in [0.2, 0.25) is 0 Å². The predicted octanol–water partition coefficient (Wildman–Crippen LogP) is 5.07. The molecule has 8 nitrogen and oxygen atoms in total. The van der Waals surface area contributed by atoms with E-state index in [2.05, 4.69) is 67.5 Å². The van der Waals surface area contributed by atoms with E-state index in [0.717, 1.165) is 34.7 Å². The first kappa shape index (κ1) is 22.6. The van der Waals surface area contributed by atoms with Crippen LogP contribution in [0.15, 0.2) is 60.9 Å². The summed E-state index contributed by atoms with van der Waals surface area (Å²) in [5, 5.41) is 15.4. The van der Waals surface area contributed by atoms with Crippen molar-refractivity contribution in [1.29, 1.82) is 0 Å². The summed E-state index contributed by atoms with van der Waals surface area (Å²) in [6.45, 7) is 10.1. The third-order valence-electron chi connectivity index (χ3n) is 6.03. The zero-order chi connectivity index (χ0) is 24.7. The fourth-order valence-electron chi connectivity index (χ4n) is 4.21. The molecule has 0 aliphatic heterocycles. The molecule has 0 aliphatic rings. The standard InChI is InChI=1S/C27H29N7O/c1-17-7-12-22(29-18(2)35)16-21(17)15-19-8-10-20(11-9-19)25-30-26-23(33-14-6-13-28-33)24(27(3,4)5)31-34(26)32-25/h6-14,16,31H,15H2,1-5H3,(H,29,35). The molecular formula is C27H29N7O. The highest BCUT2D eigenvalue weighted by Gasteiger charge is 2.27. The molecular weight excluding hydrogens is 438 g/mol. The molecule has 0 atom stereocenters. The third-order valence-corrected chi connectivity index (χ3v) is 6.03. The summed E-state index contributed by atoms with van der Waals surface area (Å²) >= 11 is 0. The Morgan fingerprint density at radius 1 is 1.11 bits per heavy atom. The molecule has 0 unspecified atom stereocenters. The van der Waals surface area contributed by atoms with Gasteiger partial charge in [0.05, 0.1) is 5.69 Å². The highest BCUT2D eigenvalue weighted by molar-refractivity contribution is 5.88. The van der Waals surface area contributed by atoms with Crippen LogP contribution in [0.1, 0.15) is 50.1 Å². The molecule has 0 aliphatic carbocycles. The molecule has 0 spiro atoms. The van der Waals surface area contributed by atoms with Crippen molar-refractivity contribution in [3.8, 4) is 17.1 Å². The van der Waals surface area contributed by atoms with Gasteiger partial charge in [-0.25, -0.2) is 9.67 Å². The van der Waals surface area contributed by atoms with Gasteiger partial charge < -0.3 is 5.32 Å². The van der Waals surface area contributed by atoms with Crippen LogP contribution < -0.4 is 5.32 Å². The maximum absolute atomic E-state index is 11.4. The summed E-state index contributed by atoms with van der Waals surface area (Å²) in [5.41, 5.74) is 7.85. The van der Waals surface area contributed by atoms with E-state index in [1.807, 2.05) is 35.1 Å². The number of carbonyl (C=O) groups is 1. The van der Waals surface area contributed by atoms with Crippen LogP contribution >= 0.6 is 0 Å². The Hall–Kier alpha value is -4.20. The van der Waals surface area contributed by atoms with Gasteiger partial charge >= 0.3 is 0 Å². The number of rotatable bonds is 5. The van der Waals surface area contributed by atoms with Crippen LogP contribution in [0.5, 0.6) is 0 Å². The summed E-state index contributed by atoms with van der Waals surface area (Å²) in [4.78, 5) is 16.3. The molecule has 2 N–H and O–H groups in total. The zero-order valence-electron chi connectivity index (χ0n) is 20.6. The van der Waals surface area contributed by atoms with Gasteiger partial charge in [-0.2, -0.15) is 9.73 Å². The number of nitrogens with zero attached hydrogens (tertiary/aromatic N) is 5. The van der Waals surface area contributed by atoms with E-state index in [1.54, 1.807) is 10.8 Å². The van der Waals surface area contributed by atoms with Crippen molar-refractivity contribution in [1.82, 2.24) is 29.6 Å². The average molecular weight is 468 g/mol. The minimum Gasteiger partial charge on any atom is -0.326 e. The number of nitrogens with one attached hydrogen (secondary N) is 2. The van der Waals surface area contributed by atoms with Gasteiger partial charge in [-0.15, -0.1) is 5.10 Å². The topological polar surface area (TPSA) is 92.9 Å². The number of aromatic amines is 1. The number of H-pyrrole nitrogens is 1. The van der Waals surface area contributed by atoms with Gasteiger partial charge in [0.25, 0.3) is 0 Å². The van der Waals surface area contributed by atoms with Crippen LogP contribution in [0.4, 0.5) is 5.69 Å². The van der Waals surface area contributed by atoms with Crippen LogP contribution in [0.25, 0.3) is 22.7 Å². The Labute approximate surface area is 204 Å². The minimum absolute atomic E-state index is 0.0710. The van der Waals surface area contributed by atoms with E-state index in [9.17, 15) is 4.79 Å². The fraction of sp³-hybridized carbons (Fsp3) is 0.259. The lowest BCUT2D eigenvalue weighted by atomic mass is 9.91. The van der Waals surface area contributed by atoms with Gasteiger partial charge in [0.15, 0.2) is 5.82 Å². The molecule has 0 saturated carbocycles. The molecule has 5 aromatic rings. The smallest absolute Gasteiger partial charge is 0.221 e. The van der Waals surface area contributed by atoms with Crippen LogP contribution in [0.3, 0.4) is 0 Å². The SMILES string of the molecule is CC(=O)Nc1ccc(C)c(Cc2ccc(-c3nc4c(-n5cccn5)c(C(C)(C)C)[nH]n4n3)cc2)c1. The van der Waals surface area contributed by atoms with E-state index < -0.39 is 0 Å². The van der Waals surface area contributed by atoms with Crippen LogP contribution in [0, 0.1) is 6.92 Å². The first-order chi connectivity index (χ1) is 16.7. The molecule has 178 valence electrons. The number of fused-ring (bicyclic) bond motifs is 1. The molecule has 0 saturated heterocycles. The highest BCUT2D eigenvalue weighted by Crippen LogP contribution is 2.31. The second kappa shape index (κ2) is 8.54. The predicted molar refractivity (Wildman–Crippen MR) is 137 cm³/mol. The summed E-state index contributed by atoms with van der Waals surface area (Å²) < 4.78 is 3.57. The van der Waals surface area contributed by atoms with Gasteiger partial charge in [-0.1, -0.05) is 51.1 Å². The van der Waals surface area contributed by atoms with Gasteiger partial charge in [-0.05, 0) is 48.2 Å². The van der Waals surface area contributed by atoms with Crippen molar-refractivity contribution in [3.05, 3.63) is 83.3 Å². The van der Waals surface area contributed by atoms with Crippen LogP contribution in [-0.2, 0) is 16.6 Å². The molecule has 8 heteroatoms. The summed E-state index contributed by atoms with van der Waals surface area (Å²) in [5.74, 6) is 0.582. The first-order valence-electron chi connectivity index (χ1n) is 11.6. The van der Waals surface area contributed by atoms with Gasteiger partial charge in [0.1, 0.15) is 5.69 Å². The van der Waals surface area contributed by atoms with Crippen molar-refractivity contribution < 1.29 is 4.79 Å². The Morgan fingerprint density at radius 3 is 2.54 bits per heavy atom. The van der Waals surface area contributed by atoms with E-state index in [4.69, 9.17) is 10.1 Å². The Bertz CT molecular complexity index is 1500. The van der Waals surface area contributed by atoms with Crippen molar-refractivity contribution in [2.75, 3.05) is 5.32 Å². The molecule has 3 heterocycles. The van der Waals surface area contributed by atoms with Gasteiger partial charge in [0.2, 0.25) is 11.6 Å². The first-order valence-corrected chi connectivity index (χ1v) is 11.6. The molecule has 3 aromatic heterocycles. The second-order valence-electron chi connectivity index (χ2n) is 9.90. The molecule has 0 bridgehead atoms. The minimum atomic E-state index is -0.124. The monoisotopic (exact) mass is 467 g/mol. The highest BCUT2D eigenvalue weighted by atomic mass is 16.1.